The number of hydrogen-bond donors (Lipinski definition) is 1. The molecule has 0 aromatic heterocycles. The minimum Gasteiger partial charge on any atom is -0.330 e. The lowest BCUT2D eigenvalue weighted by Crippen LogP contribution is -2.49. The van der Waals surface area contributed by atoms with Gasteiger partial charge in [-0.25, -0.2) is 0 Å². The van der Waals surface area contributed by atoms with Crippen molar-refractivity contribution in [3.63, 3.8) is 0 Å². The first-order chi connectivity index (χ1) is 7.70. The molecular formula is C10H14N2O2S2. The molecule has 2 rings (SSSR count). The zero-order chi connectivity index (χ0) is 11.5. The zero-order valence-electron chi connectivity index (χ0n) is 8.85. The number of nitrogens with two attached hydrogens (primary N) is 1. The van der Waals surface area contributed by atoms with Crippen LogP contribution in [0.5, 0.6) is 0 Å². The summed E-state index contributed by atoms with van der Waals surface area (Å²) in [6.07, 6.45) is 3.00. The van der Waals surface area contributed by atoms with Crippen LogP contribution in [0.25, 0.3) is 0 Å². The molecule has 0 aromatic carbocycles. The van der Waals surface area contributed by atoms with Gasteiger partial charge in [0.15, 0.2) is 5.12 Å². The van der Waals surface area contributed by atoms with Crippen LogP contribution in [0.4, 0.5) is 0 Å². The number of amides is 1. The van der Waals surface area contributed by atoms with Crippen LogP contribution in [-0.2, 0) is 9.59 Å². The molecule has 2 aliphatic rings. The number of β-lactam (4-membered cyclic amide) rings is 1. The standard InChI is InChI=1S/C10H14N2O2S2/c11-2-1-10(14)16-6-7-4-12-8(13)3-9(12)15-5-7/h4,9H,1-3,5-6,11H2. The van der Waals surface area contributed by atoms with Crippen LogP contribution < -0.4 is 5.73 Å². The molecule has 0 saturated carbocycles. The summed E-state index contributed by atoms with van der Waals surface area (Å²) in [4.78, 5) is 24.3. The molecule has 0 bridgehead atoms. The highest BCUT2D eigenvalue weighted by Gasteiger charge is 2.37. The van der Waals surface area contributed by atoms with Crippen LogP contribution >= 0.6 is 23.5 Å². The Hall–Kier alpha value is -0.460. The first-order valence-electron chi connectivity index (χ1n) is 5.18. The lowest BCUT2D eigenvalue weighted by Gasteiger charge is -2.41. The molecule has 2 N–H and O–H groups in total. The van der Waals surface area contributed by atoms with Crippen molar-refractivity contribution in [1.82, 2.24) is 4.90 Å². The van der Waals surface area contributed by atoms with Gasteiger partial charge >= 0.3 is 0 Å². The second kappa shape index (κ2) is 5.25. The number of nitrogens with zero attached hydrogens (tertiary/aromatic N) is 1. The van der Waals surface area contributed by atoms with E-state index in [-0.39, 0.29) is 11.0 Å². The summed E-state index contributed by atoms with van der Waals surface area (Å²) >= 11 is 3.07. The van der Waals surface area contributed by atoms with Gasteiger partial charge in [0.1, 0.15) is 0 Å². The maximum absolute atomic E-state index is 11.3. The van der Waals surface area contributed by atoms with Crippen LogP contribution in [0.3, 0.4) is 0 Å². The smallest absolute Gasteiger partial charge is 0.230 e. The van der Waals surface area contributed by atoms with E-state index in [9.17, 15) is 9.59 Å². The van der Waals surface area contributed by atoms with Crippen molar-refractivity contribution in [2.24, 2.45) is 5.73 Å². The Labute approximate surface area is 103 Å². The minimum atomic E-state index is 0.130. The van der Waals surface area contributed by atoms with Gasteiger partial charge in [-0.3, -0.25) is 9.59 Å². The summed E-state index contributed by atoms with van der Waals surface area (Å²) in [7, 11) is 0. The molecule has 0 spiro atoms. The van der Waals surface area contributed by atoms with Crippen molar-refractivity contribution in [2.45, 2.75) is 18.2 Å². The largest absolute Gasteiger partial charge is 0.330 e. The second-order valence-electron chi connectivity index (χ2n) is 3.76. The van der Waals surface area contributed by atoms with Crippen molar-refractivity contribution in [1.29, 1.82) is 0 Å². The Balaban J connectivity index is 1.82. The Bertz CT molecular complexity index is 344. The third kappa shape index (κ3) is 2.61. The van der Waals surface area contributed by atoms with Gasteiger partial charge in [0.05, 0.1) is 11.8 Å². The van der Waals surface area contributed by atoms with Crippen molar-refractivity contribution in [3.05, 3.63) is 11.8 Å². The van der Waals surface area contributed by atoms with E-state index in [1.54, 1.807) is 16.7 Å². The number of fused-ring (bicyclic) bond motifs is 1. The lowest BCUT2D eigenvalue weighted by atomic mass is 10.2. The van der Waals surface area contributed by atoms with E-state index < -0.39 is 0 Å². The van der Waals surface area contributed by atoms with Gasteiger partial charge in [0.25, 0.3) is 0 Å². The fraction of sp³-hybridized carbons (Fsp3) is 0.600. The number of hydrogen-bond acceptors (Lipinski definition) is 5. The average molecular weight is 258 g/mol. The Morgan fingerprint density at radius 3 is 3.19 bits per heavy atom. The number of carbonyl (C=O) groups excluding carboxylic acids is 2. The maximum atomic E-state index is 11.3. The Morgan fingerprint density at radius 2 is 2.50 bits per heavy atom. The van der Waals surface area contributed by atoms with Crippen molar-refractivity contribution in [2.75, 3.05) is 18.1 Å². The number of thioether (sulfide) groups is 2. The fourth-order valence-corrected chi connectivity index (χ4v) is 3.67. The molecule has 88 valence electrons. The van der Waals surface area contributed by atoms with Gasteiger partial charge < -0.3 is 10.6 Å². The average Bonchev–Trinajstić information content (AvgIpc) is 2.26. The summed E-state index contributed by atoms with van der Waals surface area (Å²) < 4.78 is 0. The van der Waals surface area contributed by atoms with Gasteiger partial charge in [-0.1, -0.05) is 11.8 Å². The molecule has 1 fully saturated rings. The molecule has 1 atom stereocenters. The van der Waals surface area contributed by atoms with Crippen LogP contribution in [0.15, 0.2) is 11.8 Å². The molecule has 1 saturated heterocycles. The van der Waals surface area contributed by atoms with E-state index in [0.29, 0.717) is 30.5 Å². The highest BCUT2D eigenvalue weighted by molar-refractivity contribution is 8.13. The second-order valence-corrected chi connectivity index (χ2v) is 5.96. The summed E-state index contributed by atoms with van der Waals surface area (Å²) in [6.45, 7) is 0.409. The first-order valence-corrected chi connectivity index (χ1v) is 7.22. The summed E-state index contributed by atoms with van der Waals surface area (Å²) in [5, 5.41) is 0.478. The molecular weight excluding hydrogens is 244 g/mol. The van der Waals surface area contributed by atoms with Crippen molar-refractivity contribution < 1.29 is 9.59 Å². The molecule has 1 unspecified atom stereocenters. The summed E-state index contributed by atoms with van der Waals surface area (Å²) in [6, 6.07) is 0. The predicted molar refractivity (Wildman–Crippen MR) is 66.9 cm³/mol. The maximum Gasteiger partial charge on any atom is 0.230 e. The number of rotatable bonds is 4. The van der Waals surface area contributed by atoms with Gasteiger partial charge in [0.2, 0.25) is 5.91 Å². The van der Waals surface area contributed by atoms with E-state index in [0.717, 1.165) is 11.3 Å². The third-order valence-electron chi connectivity index (χ3n) is 2.50. The molecule has 0 radical (unpaired) electrons. The van der Waals surface area contributed by atoms with E-state index in [1.165, 1.54) is 11.8 Å². The van der Waals surface area contributed by atoms with E-state index in [2.05, 4.69) is 0 Å². The molecule has 6 heteroatoms. The molecule has 4 nitrogen and oxygen atoms in total. The SMILES string of the molecule is NCCC(=O)SCC1=CN2C(=O)CC2SC1. The Morgan fingerprint density at radius 1 is 1.69 bits per heavy atom. The quantitative estimate of drug-likeness (QED) is 0.755. The Kier molecular flexibility index (Phi) is 3.94. The van der Waals surface area contributed by atoms with Crippen molar-refractivity contribution >= 4 is 34.5 Å². The van der Waals surface area contributed by atoms with E-state index >= 15 is 0 Å². The van der Waals surface area contributed by atoms with Crippen LogP contribution in [0.1, 0.15) is 12.8 Å². The van der Waals surface area contributed by atoms with Gasteiger partial charge in [-0.15, -0.1) is 11.8 Å². The highest BCUT2D eigenvalue weighted by Crippen LogP contribution is 2.36. The van der Waals surface area contributed by atoms with E-state index in [4.69, 9.17) is 5.73 Å². The minimum absolute atomic E-state index is 0.130. The topological polar surface area (TPSA) is 63.4 Å². The molecule has 2 heterocycles. The fourth-order valence-electron chi connectivity index (χ4n) is 1.58. The van der Waals surface area contributed by atoms with Crippen LogP contribution in [-0.4, -0.2) is 39.3 Å². The molecule has 1 amide bonds. The summed E-state index contributed by atoms with van der Waals surface area (Å²) in [5.74, 6) is 1.80. The molecule has 0 aromatic rings. The zero-order valence-corrected chi connectivity index (χ0v) is 10.5. The van der Waals surface area contributed by atoms with Gasteiger partial charge in [-0.05, 0) is 5.57 Å². The molecule has 0 aliphatic carbocycles. The predicted octanol–water partition coefficient (Wildman–Crippen LogP) is 0.784. The van der Waals surface area contributed by atoms with Crippen LogP contribution in [0, 0.1) is 0 Å². The third-order valence-corrected chi connectivity index (χ3v) is 4.85. The molecule has 2 aliphatic heterocycles. The highest BCUT2D eigenvalue weighted by atomic mass is 32.2. The van der Waals surface area contributed by atoms with Crippen LogP contribution in [0.2, 0.25) is 0 Å². The van der Waals surface area contributed by atoms with E-state index in [1.807, 2.05) is 6.20 Å². The monoisotopic (exact) mass is 258 g/mol. The first kappa shape index (κ1) is 12.0. The van der Waals surface area contributed by atoms with Crippen molar-refractivity contribution in [3.8, 4) is 0 Å². The lowest BCUT2D eigenvalue weighted by molar-refractivity contribution is -0.137. The van der Waals surface area contributed by atoms with Gasteiger partial charge in [0, 0.05) is 30.7 Å². The number of carbonyl (C=O) groups is 2. The summed E-state index contributed by atoms with van der Waals surface area (Å²) in [5.41, 5.74) is 6.46. The van der Waals surface area contributed by atoms with Gasteiger partial charge in [-0.2, -0.15) is 0 Å². The molecule has 16 heavy (non-hydrogen) atoms. The normalized spacial score (nSPS) is 23.6.